The summed E-state index contributed by atoms with van der Waals surface area (Å²) in [6.45, 7) is 0.646. The lowest BCUT2D eigenvalue weighted by Gasteiger charge is -2.62. The first-order chi connectivity index (χ1) is 13.6. The highest BCUT2D eigenvalue weighted by atomic mass is 16.5. The van der Waals surface area contributed by atoms with Crippen LogP contribution in [0.1, 0.15) is 37.2 Å². The number of hydrogen-bond acceptors (Lipinski definition) is 5. The molecule has 1 aromatic rings. The lowest BCUT2D eigenvalue weighted by molar-refractivity contribution is -0.185. The number of rotatable bonds is 2. The number of methoxy groups -OCH3 is 1. The molecule has 2 heterocycles. The Labute approximate surface area is 143 Å². The average Bonchev–Trinajstić information content (AvgIpc) is 3.00. The van der Waals surface area contributed by atoms with Gasteiger partial charge in [0.1, 0.15) is 0 Å². The van der Waals surface area contributed by atoms with E-state index in [2.05, 4.69) is 4.90 Å². The Morgan fingerprint density at radius 2 is 2.48 bits per heavy atom. The highest BCUT2D eigenvalue weighted by Crippen LogP contribution is 2.64. The van der Waals surface area contributed by atoms with E-state index in [0.717, 1.165) is 0 Å². The van der Waals surface area contributed by atoms with E-state index in [9.17, 15) is 4.79 Å². The number of likely N-dealkylation sites (N-methyl/N-ethyl adjacent to an activating group) is 1. The normalized spacial score (nSPS) is 44.8. The van der Waals surface area contributed by atoms with Crippen molar-refractivity contribution in [1.82, 2.24) is 4.90 Å². The molecule has 1 spiro atoms. The lowest BCUT2D eigenvalue weighted by Crippen LogP contribution is -2.76. The fourth-order valence-electron chi connectivity index (χ4n) is 5.41. The minimum absolute atomic E-state index is 0.0572. The summed E-state index contributed by atoms with van der Waals surface area (Å²) in [4.78, 5) is 15.0. The summed E-state index contributed by atoms with van der Waals surface area (Å²) in [5.74, 6) is -0.411. The third kappa shape index (κ3) is 1.32. The number of carbonyl (C=O) groups is 1. The van der Waals surface area contributed by atoms with Gasteiger partial charge in [-0.05, 0) is 44.5 Å². The highest BCUT2D eigenvalue weighted by molar-refractivity contribution is 5.90. The summed E-state index contributed by atoms with van der Waals surface area (Å²) in [7, 11) is -0.901. The number of aliphatic hydroxyl groups is 1. The second kappa shape index (κ2) is 4.08. The molecule has 5 heteroatoms. The van der Waals surface area contributed by atoms with Crippen molar-refractivity contribution in [3.05, 3.63) is 23.2 Å². The summed E-state index contributed by atoms with van der Waals surface area (Å²) in [6, 6.07) is -0.731. The van der Waals surface area contributed by atoms with E-state index in [-0.39, 0.29) is 41.8 Å². The van der Waals surface area contributed by atoms with Crippen LogP contribution in [0.25, 0.3) is 0 Å². The number of piperidine rings is 1. The van der Waals surface area contributed by atoms with Crippen LogP contribution in [0.2, 0.25) is 0 Å². The summed E-state index contributed by atoms with van der Waals surface area (Å²) < 4.78 is 58.5. The Hall–Kier alpha value is -1.59. The second-order valence-electron chi connectivity index (χ2n) is 7.14. The van der Waals surface area contributed by atoms with Crippen molar-refractivity contribution in [1.29, 1.82) is 1.43 Å². The summed E-state index contributed by atoms with van der Waals surface area (Å²) in [6.07, 6.45) is 0.443. The molecule has 1 unspecified atom stereocenters. The van der Waals surface area contributed by atoms with Crippen LogP contribution in [0.15, 0.2) is 12.1 Å². The van der Waals surface area contributed by atoms with Gasteiger partial charge in [0.25, 0.3) is 0 Å². The third-order valence-corrected chi connectivity index (χ3v) is 6.41. The molecular weight excluding hydrogens is 294 g/mol. The topological polar surface area (TPSA) is 59.0 Å². The molecule has 0 radical (unpaired) electrons. The van der Waals surface area contributed by atoms with Crippen LogP contribution < -0.4 is 9.47 Å². The molecule has 5 nitrogen and oxygen atoms in total. The first kappa shape index (κ1) is 9.04. The Morgan fingerprint density at radius 1 is 1.57 bits per heavy atom. The van der Waals surface area contributed by atoms with Crippen LogP contribution in [0.3, 0.4) is 0 Å². The zero-order valence-corrected chi connectivity index (χ0v) is 12.8. The first-order valence-electron chi connectivity index (χ1n) is 10.9. The van der Waals surface area contributed by atoms with Crippen LogP contribution in [0.4, 0.5) is 0 Å². The maximum absolute atomic E-state index is 12.9. The molecule has 23 heavy (non-hydrogen) atoms. The Balaban J connectivity index is 1.86. The second-order valence-corrected chi connectivity index (χ2v) is 7.14. The van der Waals surface area contributed by atoms with E-state index in [4.69, 9.17) is 22.9 Å². The minimum Gasteiger partial charge on any atom is -0.493 e. The predicted octanol–water partition coefficient (Wildman–Crippen LogP) is 1.05. The van der Waals surface area contributed by atoms with Gasteiger partial charge >= 0.3 is 0 Å². The zero-order chi connectivity index (χ0) is 20.9. The molecule has 0 aromatic heterocycles. The summed E-state index contributed by atoms with van der Waals surface area (Å²) >= 11 is 0. The summed E-state index contributed by atoms with van der Waals surface area (Å²) in [5, 5.41) is 5.45. The van der Waals surface area contributed by atoms with Gasteiger partial charge < -0.3 is 19.5 Å². The Kier molecular flexibility index (Phi) is 1.60. The largest absolute Gasteiger partial charge is 0.493 e. The van der Waals surface area contributed by atoms with Crippen LogP contribution >= 0.6 is 0 Å². The fourth-order valence-corrected chi connectivity index (χ4v) is 5.41. The maximum atomic E-state index is 12.9. The number of Topliss-reactive ketones (excluding diaryl/α,β-unsaturated/α-hetero) is 1. The molecule has 122 valence electrons. The number of hydrogen-bond donors (Lipinski definition) is 1. The van der Waals surface area contributed by atoms with E-state index in [1.807, 2.05) is 7.05 Å². The number of carbonyl (C=O) groups excluding carboxylic acids is 1. The minimum atomic E-state index is -2.83. The number of likely N-dealkylation sites (tertiary alicyclic amines) is 1. The van der Waals surface area contributed by atoms with E-state index in [0.29, 0.717) is 36.9 Å². The van der Waals surface area contributed by atoms with Crippen LogP contribution in [0, 0.1) is 0 Å². The molecule has 1 aromatic carbocycles. The number of ether oxygens (including phenoxy) is 2. The quantitative estimate of drug-likeness (QED) is 0.882. The van der Waals surface area contributed by atoms with Crippen LogP contribution in [0.5, 0.6) is 11.5 Å². The van der Waals surface area contributed by atoms with E-state index >= 15 is 0 Å². The average molecular weight is 321 g/mol. The predicted molar refractivity (Wildman–Crippen MR) is 83.0 cm³/mol. The zero-order valence-electron chi connectivity index (χ0n) is 18.8. The standard InChI is InChI=1S/C18H21NO4/c1-19-8-7-17-14-10-3-4-12(22-2)15(14)23-16(17)11(20)5-6-18(17,21)13(19)9-10/h3-4,13,16,21H,5-9H2,1-2H3/t13-,16?,17+,18-/m1/s1/i2D3,3D,4D,21D. The molecule has 2 aliphatic heterocycles. The van der Waals surface area contributed by atoms with Gasteiger partial charge in [0, 0.05) is 18.0 Å². The van der Waals surface area contributed by atoms with E-state index < -0.39 is 24.2 Å². The van der Waals surface area contributed by atoms with Gasteiger partial charge in [-0.1, -0.05) is 6.04 Å². The molecule has 2 fully saturated rings. The van der Waals surface area contributed by atoms with Crippen LogP contribution in [-0.2, 0) is 16.6 Å². The van der Waals surface area contributed by atoms with Crippen molar-refractivity contribution in [2.24, 2.45) is 0 Å². The fraction of sp³-hybridized carbons (Fsp3) is 0.611. The first-order valence-corrected chi connectivity index (χ1v) is 7.97. The van der Waals surface area contributed by atoms with Crippen molar-refractivity contribution in [3.8, 4) is 11.5 Å². The maximum Gasteiger partial charge on any atom is 0.211 e. The van der Waals surface area contributed by atoms with Crippen LogP contribution in [-0.4, -0.2) is 55.6 Å². The van der Waals surface area contributed by atoms with Gasteiger partial charge in [0.05, 0.1) is 24.9 Å². The molecule has 2 aliphatic carbocycles. The lowest BCUT2D eigenvalue weighted by atomic mass is 9.49. The Morgan fingerprint density at radius 3 is 3.30 bits per heavy atom. The molecule has 4 atom stereocenters. The van der Waals surface area contributed by atoms with Gasteiger partial charge in [-0.15, -0.1) is 0 Å². The van der Waals surface area contributed by atoms with Gasteiger partial charge in [0.15, 0.2) is 23.4 Å². The summed E-state index contributed by atoms with van der Waals surface area (Å²) in [5.41, 5.74) is -0.901. The monoisotopic (exact) mass is 321 g/mol. The van der Waals surface area contributed by atoms with Crippen molar-refractivity contribution in [2.45, 2.75) is 48.8 Å². The van der Waals surface area contributed by atoms with Gasteiger partial charge in [-0.25, -0.2) is 0 Å². The van der Waals surface area contributed by atoms with Crippen molar-refractivity contribution < 1.29 is 26.2 Å². The molecule has 5 rings (SSSR count). The number of nitrogens with zero attached hydrogens (tertiary/aromatic N) is 1. The number of benzene rings is 1. The molecule has 2 bridgehead atoms. The Bertz CT molecular complexity index is 936. The molecule has 4 aliphatic rings. The van der Waals surface area contributed by atoms with Crippen molar-refractivity contribution in [2.75, 3.05) is 20.6 Å². The SMILES string of the molecule is [2H]O[C@@]12CCC(=O)C3Oc4c(OC([2H])([2H])[2H])c([2H])c([2H])c5c4[C@@]31CCN(C)[C@@H]2C5. The third-order valence-electron chi connectivity index (χ3n) is 6.41. The van der Waals surface area contributed by atoms with E-state index in [1.165, 1.54) is 0 Å². The molecular formula is C18H21NO4. The van der Waals surface area contributed by atoms with Crippen molar-refractivity contribution >= 4 is 5.78 Å². The molecule has 1 saturated carbocycles. The molecule has 0 amide bonds. The smallest absolute Gasteiger partial charge is 0.211 e. The van der Waals surface area contributed by atoms with Gasteiger partial charge in [0.2, 0.25) is 1.43 Å². The van der Waals surface area contributed by atoms with E-state index in [1.54, 1.807) is 0 Å². The molecule has 1 N–H and O–H groups in total. The van der Waals surface area contributed by atoms with Crippen molar-refractivity contribution in [3.63, 3.8) is 0 Å². The highest BCUT2D eigenvalue weighted by Gasteiger charge is 2.72. The molecule has 1 saturated heterocycles. The number of ketones is 1. The van der Waals surface area contributed by atoms with Gasteiger partial charge in [-0.2, -0.15) is 0 Å². The van der Waals surface area contributed by atoms with Gasteiger partial charge in [-0.3, -0.25) is 4.79 Å².